The number of amides is 2. The van der Waals surface area contributed by atoms with Gasteiger partial charge in [0, 0.05) is 23.7 Å². The van der Waals surface area contributed by atoms with Crippen molar-refractivity contribution in [1.82, 2.24) is 15.2 Å². The van der Waals surface area contributed by atoms with E-state index in [2.05, 4.69) is 10.3 Å². The quantitative estimate of drug-likeness (QED) is 0.849. The van der Waals surface area contributed by atoms with E-state index in [4.69, 9.17) is 0 Å². The predicted molar refractivity (Wildman–Crippen MR) is 84.4 cm³/mol. The van der Waals surface area contributed by atoms with Gasteiger partial charge in [-0.25, -0.2) is 9.78 Å². The summed E-state index contributed by atoms with van der Waals surface area (Å²) in [5.41, 5.74) is 1.000. The Balaban J connectivity index is 2.07. The van der Waals surface area contributed by atoms with Gasteiger partial charge in [-0.3, -0.25) is 0 Å². The van der Waals surface area contributed by atoms with Gasteiger partial charge in [0.2, 0.25) is 0 Å². The summed E-state index contributed by atoms with van der Waals surface area (Å²) in [6.07, 6.45) is 1.75. The standard InChI is InChI=1S/C15H25N3O2S/c1-9(2)18(7-11(4)19)15(20)17-13(12-5-6-12)14-16-10(3)8-21-14/h8-9,11-13,19H,5-7H2,1-4H3,(H,17,20). The molecule has 0 bridgehead atoms. The van der Waals surface area contributed by atoms with E-state index >= 15 is 0 Å². The summed E-state index contributed by atoms with van der Waals surface area (Å²) in [6, 6.07) is -0.0559. The number of carbonyl (C=O) groups is 1. The van der Waals surface area contributed by atoms with E-state index in [0.717, 1.165) is 23.5 Å². The maximum Gasteiger partial charge on any atom is 0.318 e. The van der Waals surface area contributed by atoms with Crippen molar-refractivity contribution in [3.8, 4) is 0 Å². The van der Waals surface area contributed by atoms with E-state index in [1.165, 1.54) is 0 Å². The molecule has 1 aromatic heterocycles. The monoisotopic (exact) mass is 311 g/mol. The molecule has 0 aromatic carbocycles. The molecule has 0 saturated heterocycles. The Hall–Kier alpha value is -1.14. The fraction of sp³-hybridized carbons (Fsp3) is 0.733. The minimum atomic E-state index is -0.528. The molecule has 0 aliphatic heterocycles. The third-order valence-corrected chi connectivity index (χ3v) is 4.67. The molecule has 0 radical (unpaired) electrons. The summed E-state index contributed by atoms with van der Waals surface area (Å²) < 4.78 is 0. The van der Waals surface area contributed by atoms with Crippen molar-refractivity contribution < 1.29 is 9.90 Å². The zero-order valence-corrected chi connectivity index (χ0v) is 14.0. The molecule has 21 heavy (non-hydrogen) atoms. The highest BCUT2D eigenvalue weighted by molar-refractivity contribution is 7.09. The Kier molecular flexibility index (Phi) is 5.22. The number of rotatable bonds is 6. The average Bonchev–Trinajstić information content (AvgIpc) is 3.14. The molecule has 1 aliphatic rings. The second-order valence-corrected chi connectivity index (χ2v) is 7.08. The lowest BCUT2D eigenvalue weighted by molar-refractivity contribution is 0.117. The number of nitrogens with zero attached hydrogens (tertiary/aromatic N) is 2. The minimum Gasteiger partial charge on any atom is -0.392 e. The van der Waals surface area contributed by atoms with Crippen LogP contribution >= 0.6 is 11.3 Å². The maximum absolute atomic E-state index is 12.5. The molecule has 118 valence electrons. The highest BCUT2D eigenvalue weighted by Crippen LogP contribution is 2.41. The Morgan fingerprint density at radius 2 is 2.19 bits per heavy atom. The summed E-state index contributed by atoms with van der Waals surface area (Å²) in [6.45, 7) is 7.94. The van der Waals surface area contributed by atoms with E-state index in [1.807, 2.05) is 26.2 Å². The summed E-state index contributed by atoms with van der Waals surface area (Å²) >= 11 is 1.61. The van der Waals surface area contributed by atoms with E-state index in [1.54, 1.807) is 23.2 Å². The second-order valence-electron chi connectivity index (χ2n) is 6.19. The molecule has 2 N–H and O–H groups in total. The van der Waals surface area contributed by atoms with Crippen LogP contribution in [-0.4, -0.2) is 39.7 Å². The average molecular weight is 311 g/mol. The topological polar surface area (TPSA) is 65.5 Å². The molecule has 2 rings (SSSR count). The number of aromatic nitrogens is 1. The molecular formula is C15H25N3O2S. The van der Waals surface area contributed by atoms with Crippen LogP contribution < -0.4 is 5.32 Å². The van der Waals surface area contributed by atoms with E-state index in [9.17, 15) is 9.90 Å². The first-order valence-corrected chi connectivity index (χ1v) is 8.43. The van der Waals surface area contributed by atoms with Gasteiger partial charge in [0.25, 0.3) is 0 Å². The third-order valence-electron chi connectivity index (χ3n) is 3.62. The number of aliphatic hydroxyl groups excluding tert-OH is 1. The van der Waals surface area contributed by atoms with Crippen LogP contribution in [0.1, 0.15) is 50.4 Å². The first kappa shape index (κ1) is 16.2. The molecule has 6 heteroatoms. The van der Waals surface area contributed by atoms with Crippen molar-refractivity contribution in [2.75, 3.05) is 6.54 Å². The molecule has 2 amide bonds. The van der Waals surface area contributed by atoms with Crippen LogP contribution in [0.4, 0.5) is 4.79 Å². The van der Waals surface area contributed by atoms with Crippen molar-refractivity contribution in [3.05, 3.63) is 16.1 Å². The number of hydrogen-bond donors (Lipinski definition) is 2. The number of urea groups is 1. The van der Waals surface area contributed by atoms with Crippen molar-refractivity contribution in [3.63, 3.8) is 0 Å². The number of aryl methyl sites for hydroxylation is 1. The molecule has 1 aromatic rings. The fourth-order valence-corrected chi connectivity index (χ4v) is 3.29. The van der Waals surface area contributed by atoms with Crippen molar-refractivity contribution in [2.24, 2.45) is 5.92 Å². The Morgan fingerprint density at radius 1 is 1.52 bits per heavy atom. The lowest BCUT2D eigenvalue weighted by atomic mass is 10.2. The fourth-order valence-electron chi connectivity index (χ4n) is 2.35. The molecular weight excluding hydrogens is 286 g/mol. The van der Waals surface area contributed by atoms with Gasteiger partial charge in [-0.15, -0.1) is 11.3 Å². The number of hydrogen-bond acceptors (Lipinski definition) is 4. The smallest absolute Gasteiger partial charge is 0.318 e. The van der Waals surface area contributed by atoms with Gasteiger partial charge in [0.1, 0.15) is 5.01 Å². The molecule has 5 nitrogen and oxygen atoms in total. The highest BCUT2D eigenvalue weighted by Gasteiger charge is 2.36. The zero-order valence-electron chi connectivity index (χ0n) is 13.2. The molecule has 0 spiro atoms. The van der Waals surface area contributed by atoms with Crippen LogP contribution in [0.5, 0.6) is 0 Å². The van der Waals surface area contributed by atoms with Crippen molar-refractivity contribution in [2.45, 2.75) is 58.7 Å². The lowest BCUT2D eigenvalue weighted by Crippen LogP contribution is -2.48. The number of nitrogens with one attached hydrogen (secondary N) is 1. The van der Waals surface area contributed by atoms with E-state index in [0.29, 0.717) is 12.5 Å². The maximum atomic E-state index is 12.5. The van der Waals surface area contributed by atoms with Crippen LogP contribution in [0.25, 0.3) is 0 Å². The third kappa shape index (κ3) is 4.41. The second kappa shape index (κ2) is 6.75. The van der Waals surface area contributed by atoms with Gasteiger partial charge < -0.3 is 15.3 Å². The van der Waals surface area contributed by atoms with Crippen LogP contribution in [0.15, 0.2) is 5.38 Å². The SMILES string of the molecule is Cc1csc(C(NC(=O)N(CC(C)O)C(C)C)C2CC2)n1. The summed E-state index contributed by atoms with van der Waals surface area (Å²) in [5.74, 6) is 0.500. The summed E-state index contributed by atoms with van der Waals surface area (Å²) in [5, 5.41) is 15.7. The van der Waals surface area contributed by atoms with E-state index < -0.39 is 6.10 Å². The van der Waals surface area contributed by atoms with Gasteiger partial charge in [-0.2, -0.15) is 0 Å². The first-order chi connectivity index (χ1) is 9.88. The van der Waals surface area contributed by atoms with Gasteiger partial charge in [0.05, 0.1) is 12.1 Å². The van der Waals surface area contributed by atoms with Gasteiger partial charge in [0.15, 0.2) is 0 Å². The molecule has 1 aliphatic carbocycles. The first-order valence-electron chi connectivity index (χ1n) is 7.55. The molecule has 2 atom stereocenters. The van der Waals surface area contributed by atoms with Crippen LogP contribution in [0.2, 0.25) is 0 Å². The normalized spacial score (nSPS) is 17.6. The molecule has 1 fully saturated rings. The van der Waals surface area contributed by atoms with Crippen molar-refractivity contribution in [1.29, 1.82) is 0 Å². The zero-order chi connectivity index (χ0) is 15.6. The highest BCUT2D eigenvalue weighted by atomic mass is 32.1. The number of carbonyl (C=O) groups excluding carboxylic acids is 1. The summed E-state index contributed by atoms with van der Waals surface area (Å²) in [4.78, 5) is 18.7. The minimum absolute atomic E-state index is 0.00597. The van der Waals surface area contributed by atoms with Gasteiger partial charge >= 0.3 is 6.03 Å². The predicted octanol–water partition coefficient (Wildman–Crippen LogP) is 2.70. The van der Waals surface area contributed by atoms with Gasteiger partial charge in [-0.1, -0.05) is 0 Å². The molecule has 1 saturated carbocycles. The van der Waals surface area contributed by atoms with Crippen LogP contribution in [0.3, 0.4) is 0 Å². The van der Waals surface area contributed by atoms with Gasteiger partial charge in [-0.05, 0) is 46.5 Å². The number of thiazole rings is 1. The Bertz CT molecular complexity index is 483. The largest absolute Gasteiger partial charge is 0.392 e. The molecule has 1 heterocycles. The molecule has 2 unspecified atom stereocenters. The number of aliphatic hydroxyl groups is 1. The Labute approximate surface area is 130 Å². The Morgan fingerprint density at radius 3 is 2.62 bits per heavy atom. The van der Waals surface area contributed by atoms with Crippen LogP contribution in [-0.2, 0) is 0 Å². The van der Waals surface area contributed by atoms with E-state index in [-0.39, 0.29) is 18.1 Å². The van der Waals surface area contributed by atoms with Crippen LogP contribution in [0, 0.1) is 12.8 Å². The van der Waals surface area contributed by atoms with Crippen molar-refractivity contribution >= 4 is 17.4 Å². The summed E-state index contributed by atoms with van der Waals surface area (Å²) in [7, 11) is 0. The lowest BCUT2D eigenvalue weighted by Gasteiger charge is -2.30.